The Morgan fingerprint density at radius 2 is 2.00 bits per heavy atom. The molecular weight excluding hydrogens is 207 g/mol. The van der Waals surface area contributed by atoms with Gasteiger partial charge < -0.3 is 4.57 Å². The van der Waals surface area contributed by atoms with Crippen LogP contribution in [0.3, 0.4) is 0 Å². The Kier molecular flexibility index (Phi) is 2.68. The molecule has 16 heavy (non-hydrogen) atoms. The molecule has 2 rings (SSSR count). The molecule has 5 heteroatoms. The van der Waals surface area contributed by atoms with E-state index in [1.165, 1.54) is 6.33 Å². The van der Waals surface area contributed by atoms with Gasteiger partial charge in [-0.05, 0) is 20.8 Å². The molecule has 0 fully saturated rings. The molecule has 0 atom stereocenters. The third-order valence-corrected chi connectivity index (χ3v) is 2.41. The number of nitrogens with zero attached hydrogens (tertiary/aromatic N) is 4. The molecular formula is C11H13FN4. The number of aryl methyl sites for hydroxylation is 1. The molecule has 0 aliphatic rings. The highest BCUT2D eigenvalue weighted by Gasteiger charge is 2.15. The van der Waals surface area contributed by atoms with Crippen molar-refractivity contribution in [2.45, 2.75) is 26.8 Å². The van der Waals surface area contributed by atoms with Crippen molar-refractivity contribution in [3.05, 3.63) is 30.4 Å². The van der Waals surface area contributed by atoms with Gasteiger partial charge in [-0.3, -0.25) is 0 Å². The maximum absolute atomic E-state index is 13.6. The lowest BCUT2D eigenvalue weighted by Crippen LogP contribution is -2.06. The van der Waals surface area contributed by atoms with Crippen molar-refractivity contribution in [3.63, 3.8) is 0 Å². The Hall–Kier alpha value is -1.78. The fourth-order valence-corrected chi connectivity index (χ4v) is 1.78. The molecule has 0 aromatic carbocycles. The van der Waals surface area contributed by atoms with Crippen molar-refractivity contribution in [3.8, 4) is 11.4 Å². The molecule has 4 nitrogen and oxygen atoms in total. The minimum atomic E-state index is -0.427. The van der Waals surface area contributed by atoms with Crippen molar-refractivity contribution in [2.24, 2.45) is 0 Å². The van der Waals surface area contributed by atoms with E-state index in [9.17, 15) is 4.39 Å². The summed E-state index contributed by atoms with van der Waals surface area (Å²) in [6.07, 6.45) is 4.14. The van der Waals surface area contributed by atoms with E-state index in [-0.39, 0.29) is 6.04 Å². The van der Waals surface area contributed by atoms with Gasteiger partial charge in [0.15, 0.2) is 5.82 Å². The van der Waals surface area contributed by atoms with Gasteiger partial charge in [-0.2, -0.15) is 0 Å². The summed E-state index contributed by atoms with van der Waals surface area (Å²) < 4.78 is 15.5. The molecule has 0 radical (unpaired) electrons. The Labute approximate surface area is 93.2 Å². The second-order valence-corrected chi connectivity index (χ2v) is 3.87. The first-order chi connectivity index (χ1) is 7.61. The van der Waals surface area contributed by atoms with Crippen LogP contribution in [-0.4, -0.2) is 19.5 Å². The first-order valence-electron chi connectivity index (χ1n) is 5.11. The smallest absolute Gasteiger partial charge is 0.169 e. The maximum atomic E-state index is 13.6. The number of imidazole rings is 1. The lowest BCUT2D eigenvalue weighted by atomic mass is 10.2. The summed E-state index contributed by atoms with van der Waals surface area (Å²) in [4.78, 5) is 11.8. The standard InChI is InChI=1S/C11H13FN4/c1-7(2)16-8(3)14-5-10(16)11-9(12)4-13-6-15-11/h4-7H,1-3H3. The molecule has 0 unspecified atom stereocenters. The van der Waals surface area contributed by atoms with Crippen LogP contribution in [0.5, 0.6) is 0 Å². The number of aromatic nitrogens is 4. The van der Waals surface area contributed by atoms with E-state index in [1.807, 2.05) is 25.3 Å². The third kappa shape index (κ3) is 1.68. The quantitative estimate of drug-likeness (QED) is 0.780. The monoisotopic (exact) mass is 220 g/mol. The molecule has 0 saturated carbocycles. The van der Waals surface area contributed by atoms with Crippen molar-refractivity contribution >= 4 is 0 Å². The molecule has 0 bridgehead atoms. The highest BCUT2D eigenvalue weighted by Crippen LogP contribution is 2.24. The summed E-state index contributed by atoms with van der Waals surface area (Å²) in [5, 5.41) is 0. The fourth-order valence-electron chi connectivity index (χ4n) is 1.78. The first kappa shape index (κ1) is 10.7. The number of rotatable bonds is 2. The normalized spacial score (nSPS) is 11.1. The zero-order chi connectivity index (χ0) is 11.7. The van der Waals surface area contributed by atoms with E-state index in [4.69, 9.17) is 0 Å². The summed E-state index contributed by atoms with van der Waals surface area (Å²) in [6.45, 7) is 5.94. The van der Waals surface area contributed by atoms with Crippen molar-refractivity contribution in [1.82, 2.24) is 19.5 Å². The van der Waals surface area contributed by atoms with Crippen LogP contribution in [0.1, 0.15) is 25.7 Å². The number of hydrogen-bond donors (Lipinski definition) is 0. The first-order valence-corrected chi connectivity index (χ1v) is 5.11. The van der Waals surface area contributed by atoms with E-state index in [2.05, 4.69) is 15.0 Å². The molecule has 0 spiro atoms. The molecule has 0 N–H and O–H groups in total. The van der Waals surface area contributed by atoms with Gasteiger partial charge in [0.2, 0.25) is 0 Å². The van der Waals surface area contributed by atoms with Crippen LogP contribution in [0, 0.1) is 12.7 Å². The summed E-state index contributed by atoms with van der Waals surface area (Å²) in [6, 6.07) is 0.215. The van der Waals surface area contributed by atoms with Gasteiger partial charge in [-0.25, -0.2) is 19.3 Å². The van der Waals surface area contributed by atoms with Gasteiger partial charge in [0.05, 0.1) is 18.1 Å². The van der Waals surface area contributed by atoms with Crippen LogP contribution < -0.4 is 0 Å². The summed E-state index contributed by atoms with van der Waals surface area (Å²) in [7, 11) is 0. The zero-order valence-electron chi connectivity index (χ0n) is 9.48. The van der Waals surface area contributed by atoms with Crippen molar-refractivity contribution < 1.29 is 4.39 Å². The van der Waals surface area contributed by atoms with Crippen LogP contribution in [0.25, 0.3) is 11.4 Å². The lowest BCUT2D eigenvalue weighted by molar-refractivity contribution is 0.578. The van der Waals surface area contributed by atoms with Crippen LogP contribution in [0.15, 0.2) is 18.7 Å². The maximum Gasteiger partial charge on any atom is 0.169 e. The van der Waals surface area contributed by atoms with Crippen molar-refractivity contribution in [2.75, 3.05) is 0 Å². The highest BCUT2D eigenvalue weighted by molar-refractivity contribution is 5.54. The largest absolute Gasteiger partial charge is 0.324 e. The Bertz CT molecular complexity index is 504. The van der Waals surface area contributed by atoms with Crippen molar-refractivity contribution in [1.29, 1.82) is 0 Å². The van der Waals surface area contributed by atoms with Crippen LogP contribution in [0.4, 0.5) is 4.39 Å². The Balaban J connectivity index is 2.61. The van der Waals surface area contributed by atoms with Gasteiger partial charge in [-0.1, -0.05) is 0 Å². The Morgan fingerprint density at radius 1 is 1.25 bits per heavy atom. The average molecular weight is 220 g/mol. The van der Waals surface area contributed by atoms with Gasteiger partial charge in [-0.15, -0.1) is 0 Å². The van der Waals surface area contributed by atoms with Gasteiger partial charge in [0.25, 0.3) is 0 Å². The molecule has 0 saturated heterocycles. The van der Waals surface area contributed by atoms with E-state index in [0.29, 0.717) is 11.4 Å². The zero-order valence-corrected chi connectivity index (χ0v) is 9.48. The van der Waals surface area contributed by atoms with E-state index in [0.717, 1.165) is 12.0 Å². The van der Waals surface area contributed by atoms with Crippen LogP contribution in [-0.2, 0) is 0 Å². The second kappa shape index (κ2) is 4.00. The molecule has 2 aromatic heterocycles. The molecule has 2 heterocycles. The summed E-state index contributed by atoms with van der Waals surface area (Å²) >= 11 is 0. The van der Waals surface area contributed by atoms with Crippen LogP contribution in [0.2, 0.25) is 0 Å². The van der Waals surface area contributed by atoms with Crippen LogP contribution >= 0.6 is 0 Å². The third-order valence-electron chi connectivity index (χ3n) is 2.41. The SMILES string of the molecule is Cc1ncc(-c2ncncc2F)n1C(C)C. The topological polar surface area (TPSA) is 43.6 Å². The molecule has 0 aliphatic heterocycles. The minimum Gasteiger partial charge on any atom is -0.324 e. The van der Waals surface area contributed by atoms with E-state index in [1.54, 1.807) is 6.20 Å². The fraction of sp³-hybridized carbons (Fsp3) is 0.364. The second-order valence-electron chi connectivity index (χ2n) is 3.87. The van der Waals surface area contributed by atoms with Gasteiger partial charge in [0.1, 0.15) is 17.8 Å². The summed E-state index contributed by atoms with van der Waals surface area (Å²) in [5.41, 5.74) is 0.983. The highest BCUT2D eigenvalue weighted by atomic mass is 19.1. The molecule has 2 aromatic rings. The Morgan fingerprint density at radius 3 is 2.62 bits per heavy atom. The van der Waals surface area contributed by atoms with Gasteiger partial charge in [0, 0.05) is 6.04 Å². The van der Waals surface area contributed by atoms with E-state index >= 15 is 0 Å². The molecule has 0 aliphatic carbocycles. The predicted octanol–water partition coefficient (Wildman–Crippen LogP) is 2.37. The number of halogens is 1. The average Bonchev–Trinajstić information content (AvgIpc) is 2.61. The lowest BCUT2D eigenvalue weighted by Gasteiger charge is -2.13. The summed E-state index contributed by atoms with van der Waals surface area (Å²) in [5.74, 6) is 0.423. The van der Waals surface area contributed by atoms with Gasteiger partial charge >= 0.3 is 0 Å². The minimum absolute atomic E-state index is 0.215. The van der Waals surface area contributed by atoms with E-state index < -0.39 is 5.82 Å². The number of hydrogen-bond acceptors (Lipinski definition) is 3. The molecule has 84 valence electrons. The molecule has 0 amide bonds. The predicted molar refractivity (Wildman–Crippen MR) is 58.3 cm³/mol.